The maximum Gasteiger partial charge on any atom is 0.115 e. The minimum Gasteiger partial charge on any atom is -0.508 e. The van der Waals surface area contributed by atoms with Crippen LogP contribution in [0, 0.1) is 11.8 Å². The Kier molecular flexibility index (Phi) is 10.0. The van der Waals surface area contributed by atoms with Crippen LogP contribution >= 0.6 is 0 Å². The molecule has 4 rings (SSSR count). The first-order valence-corrected chi connectivity index (χ1v) is 12.8. The summed E-state index contributed by atoms with van der Waals surface area (Å²) in [6, 6.07) is 29.5. The normalized spacial score (nSPS) is 13.2. The van der Waals surface area contributed by atoms with E-state index in [0.29, 0.717) is 40.8 Å². The molecule has 3 atom stereocenters. The van der Waals surface area contributed by atoms with Crippen molar-refractivity contribution in [2.24, 2.45) is 11.8 Å². The largest absolute Gasteiger partial charge is 0.508 e. The molecule has 0 saturated heterocycles. The van der Waals surface area contributed by atoms with E-state index in [-0.39, 0.29) is 0 Å². The molecule has 0 fully saturated rings. The minimum atomic E-state index is 0.297. The third-order valence-corrected chi connectivity index (χ3v) is 6.90. The zero-order valence-electron chi connectivity index (χ0n) is 21.9. The van der Waals surface area contributed by atoms with Gasteiger partial charge in [0.25, 0.3) is 0 Å². The summed E-state index contributed by atoms with van der Waals surface area (Å²) < 4.78 is 0. The van der Waals surface area contributed by atoms with Gasteiger partial charge in [0.05, 0.1) is 0 Å². The summed E-state index contributed by atoms with van der Waals surface area (Å²) in [5.74, 6) is 2.75. The number of rotatable bonds is 8. The number of benzene rings is 4. The van der Waals surface area contributed by atoms with Gasteiger partial charge in [-0.2, -0.15) is 0 Å². The van der Waals surface area contributed by atoms with Gasteiger partial charge in [-0.1, -0.05) is 69.3 Å². The van der Waals surface area contributed by atoms with Crippen LogP contribution in [0.25, 0.3) is 0 Å². The van der Waals surface area contributed by atoms with Crippen molar-refractivity contribution in [3.63, 3.8) is 0 Å². The molecule has 4 aromatic rings. The Morgan fingerprint density at radius 2 is 0.676 bits per heavy atom. The molecule has 0 spiro atoms. The van der Waals surface area contributed by atoms with Crippen LogP contribution in [0.2, 0.25) is 0 Å². The molecule has 0 aromatic heterocycles. The molecule has 4 aromatic carbocycles. The van der Waals surface area contributed by atoms with Crippen molar-refractivity contribution in [3.05, 3.63) is 119 Å². The maximum atomic E-state index is 9.30. The van der Waals surface area contributed by atoms with Crippen LogP contribution in [0.1, 0.15) is 48.9 Å². The second kappa shape index (κ2) is 13.4. The van der Waals surface area contributed by atoms with Crippen LogP contribution < -0.4 is 0 Å². The fraction of sp³-hybridized carbons (Fsp3) is 0.273. The van der Waals surface area contributed by atoms with Crippen molar-refractivity contribution >= 4 is 0 Å². The van der Waals surface area contributed by atoms with Crippen molar-refractivity contribution in [2.45, 2.75) is 46.0 Å². The van der Waals surface area contributed by atoms with Gasteiger partial charge in [0.1, 0.15) is 23.0 Å². The lowest BCUT2D eigenvalue weighted by Gasteiger charge is -2.20. The molecule has 0 saturated carbocycles. The van der Waals surface area contributed by atoms with Gasteiger partial charge >= 0.3 is 0 Å². The second-order valence-electron chi connectivity index (χ2n) is 10.1. The molecule has 4 nitrogen and oxygen atoms in total. The molecule has 0 heterocycles. The maximum absolute atomic E-state index is 9.30. The molecule has 0 aliphatic heterocycles. The van der Waals surface area contributed by atoms with E-state index in [4.69, 9.17) is 0 Å². The van der Waals surface area contributed by atoms with Gasteiger partial charge in [0.15, 0.2) is 0 Å². The standard InChI is InChI=1S/C18H22O2.C15H16O2/c1-13(11-15-3-7-17(19)8-4-15)14(2)12-16-5-9-18(20)10-6-16;1-11(13-4-8-15(17)9-5-13)10-12-2-6-14(16)7-3-12/h3-10,13-14,19-20H,11-12H2,1-2H3;2-9,11,16-17H,10H2,1H3/t13-,14?;11-/m00/s1. The van der Waals surface area contributed by atoms with Gasteiger partial charge < -0.3 is 20.4 Å². The van der Waals surface area contributed by atoms with E-state index in [1.807, 2.05) is 48.5 Å². The number of phenolic OH excluding ortho intramolecular Hbond substituents is 4. The Bertz CT molecular complexity index is 1150. The molecular formula is C33H38O4. The highest BCUT2D eigenvalue weighted by molar-refractivity contribution is 5.31. The number of aromatic hydroxyl groups is 4. The van der Waals surface area contributed by atoms with Crippen molar-refractivity contribution in [2.75, 3.05) is 0 Å². The second-order valence-corrected chi connectivity index (χ2v) is 10.1. The van der Waals surface area contributed by atoms with Gasteiger partial charge in [0, 0.05) is 0 Å². The van der Waals surface area contributed by atoms with Crippen LogP contribution in [0.15, 0.2) is 97.1 Å². The summed E-state index contributed by atoms with van der Waals surface area (Å²) >= 11 is 0. The molecule has 0 aliphatic carbocycles. The third kappa shape index (κ3) is 9.23. The molecular weight excluding hydrogens is 460 g/mol. The Hall–Kier alpha value is -3.92. The molecule has 0 amide bonds. The quantitative estimate of drug-likeness (QED) is 0.202. The van der Waals surface area contributed by atoms with Crippen LogP contribution in [0.4, 0.5) is 0 Å². The highest BCUT2D eigenvalue weighted by Gasteiger charge is 2.14. The monoisotopic (exact) mass is 498 g/mol. The van der Waals surface area contributed by atoms with Crippen LogP contribution in [0.5, 0.6) is 23.0 Å². The molecule has 1 unspecified atom stereocenters. The Morgan fingerprint density at radius 3 is 1.00 bits per heavy atom. The lowest BCUT2D eigenvalue weighted by molar-refractivity contribution is 0.383. The summed E-state index contributed by atoms with van der Waals surface area (Å²) in [4.78, 5) is 0. The smallest absolute Gasteiger partial charge is 0.115 e. The Labute approximate surface area is 220 Å². The fourth-order valence-electron chi connectivity index (χ4n) is 4.32. The lowest BCUT2D eigenvalue weighted by Crippen LogP contribution is -2.13. The predicted molar refractivity (Wildman–Crippen MR) is 150 cm³/mol. The summed E-state index contributed by atoms with van der Waals surface area (Å²) in [6.45, 7) is 6.68. The van der Waals surface area contributed by atoms with Crippen LogP contribution in [-0.4, -0.2) is 20.4 Å². The van der Waals surface area contributed by atoms with Crippen molar-refractivity contribution in [1.29, 1.82) is 0 Å². The van der Waals surface area contributed by atoms with E-state index in [2.05, 4.69) is 20.8 Å². The van der Waals surface area contributed by atoms with Gasteiger partial charge in [-0.3, -0.25) is 0 Å². The van der Waals surface area contributed by atoms with Gasteiger partial charge in [-0.25, -0.2) is 0 Å². The van der Waals surface area contributed by atoms with E-state index in [1.165, 1.54) is 22.3 Å². The molecule has 4 N–H and O–H groups in total. The highest BCUT2D eigenvalue weighted by Crippen LogP contribution is 2.24. The number of hydrogen-bond donors (Lipinski definition) is 4. The minimum absolute atomic E-state index is 0.297. The SMILES string of the molecule is CC(Cc1ccc(O)cc1)[C@@H](C)Cc1ccc(O)cc1.C[C@@H](Cc1ccc(O)cc1)c1ccc(O)cc1. The van der Waals surface area contributed by atoms with E-state index in [0.717, 1.165) is 19.3 Å². The topological polar surface area (TPSA) is 80.9 Å². The van der Waals surface area contributed by atoms with Gasteiger partial charge in [0.2, 0.25) is 0 Å². The van der Waals surface area contributed by atoms with Gasteiger partial charge in [-0.05, 0) is 108 Å². The molecule has 0 aliphatic rings. The molecule has 37 heavy (non-hydrogen) atoms. The molecule has 0 bridgehead atoms. The van der Waals surface area contributed by atoms with Crippen LogP contribution in [0.3, 0.4) is 0 Å². The summed E-state index contributed by atoms with van der Waals surface area (Å²) in [5.41, 5.74) is 4.92. The third-order valence-electron chi connectivity index (χ3n) is 6.90. The average molecular weight is 499 g/mol. The molecule has 194 valence electrons. The lowest BCUT2D eigenvalue weighted by atomic mass is 9.85. The number of hydrogen-bond acceptors (Lipinski definition) is 4. The first kappa shape index (κ1) is 27.7. The van der Waals surface area contributed by atoms with Crippen molar-refractivity contribution < 1.29 is 20.4 Å². The summed E-state index contributed by atoms with van der Waals surface area (Å²) in [7, 11) is 0. The summed E-state index contributed by atoms with van der Waals surface area (Å²) in [5, 5.41) is 37.0. The predicted octanol–water partition coefficient (Wildman–Crippen LogP) is 7.60. The van der Waals surface area contributed by atoms with E-state index < -0.39 is 0 Å². The van der Waals surface area contributed by atoms with E-state index >= 15 is 0 Å². The molecule has 0 radical (unpaired) electrons. The average Bonchev–Trinajstić information content (AvgIpc) is 2.89. The zero-order chi connectivity index (χ0) is 26.8. The summed E-state index contributed by atoms with van der Waals surface area (Å²) in [6.07, 6.45) is 2.95. The van der Waals surface area contributed by atoms with E-state index in [9.17, 15) is 20.4 Å². The Balaban J connectivity index is 0.000000208. The fourth-order valence-corrected chi connectivity index (χ4v) is 4.32. The zero-order valence-corrected chi connectivity index (χ0v) is 21.9. The van der Waals surface area contributed by atoms with Crippen LogP contribution in [-0.2, 0) is 19.3 Å². The number of phenols is 4. The first-order valence-electron chi connectivity index (χ1n) is 12.8. The van der Waals surface area contributed by atoms with Crippen molar-refractivity contribution in [1.82, 2.24) is 0 Å². The Morgan fingerprint density at radius 1 is 0.405 bits per heavy atom. The highest BCUT2D eigenvalue weighted by atomic mass is 16.3. The first-order chi connectivity index (χ1) is 17.7. The molecule has 4 heteroatoms. The van der Waals surface area contributed by atoms with Gasteiger partial charge in [-0.15, -0.1) is 0 Å². The van der Waals surface area contributed by atoms with Crippen molar-refractivity contribution in [3.8, 4) is 23.0 Å². The van der Waals surface area contributed by atoms with E-state index in [1.54, 1.807) is 48.5 Å².